The summed E-state index contributed by atoms with van der Waals surface area (Å²) in [6.45, 7) is 16.1. The van der Waals surface area contributed by atoms with Crippen LogP contribution in [-0.4, -0.2) is 33.4 Å². The summed E-state index contributed by atoms with van der Waals surface area (Å²) < 4.78 is 22.3. The summed E-state index contributed by atoms with van der Waals surface area (Å²) >= 11 is 0. The van der Waals surface area contributed by atoms with Crippen LogP contribution in [0.25, 0.3) is 11.6 Å². The van der Waals surface area contributed by atoms with Crippen molar-refractivity contribution in [2.75, 3.05) is 27.4 Å². The molecule has 2 rings (SSSR count). The maximum atomic E-state index is 13.0. The Bertz CT molecular complexity index is 1230. The lowest BCUT2D eigenvalue weighted by molar-refractivity contribution is -0.164. The molecule has 0 N–H and O–H groups in total. The fourth-order valence-electron chi connectivity index (χ4n) is 5.15. The molecule has 236 valence electrons. The molecule has 0 fully saturated rings. The molecule has 0 saturated carbocycles. The van der Waals surface area contributed by atoms with Crippen molar-refractivity contribution in [2.45, 2.75) is 93.4 Å². The Morgan fingerprint density at radius 1 is 0.791 bits per heavy atom. The zero-order chi connectivity index (χ0) is 32.1. The lowest BCUT2D eigenvalue weighted by atomic mass is 9.61. The number of nitrogens with zero attached hydrogens (tertiary/aromatic N) is 1. The summed E-state index contributed by atoms with van der Waals surface area (Å²) in [6.07, 6.45) is 8.91. The Balaban J connectivity index is 1.69. The van der Waals surface area contributed by atoms with Crippen molar-refractivity contribution in [1.82, 2.24) is 0 Å². The number of hydrogen-bond donors (Lipinski definition) is 0. The molecule has 6 heteroatoms. The minimum Gasteiger partial charge on any atom is -0.494 e. The monoisotopic (exact) mass is 591 g/mol. The number of benzene rings is 2. The van der Waals surface area contributed by atoms with Crippen LogP contribution in [0.2, 0.25) is 0 Å². The minimum absolute atomic E-state index is 0.0559. The van der Waals surface area contributed by atoms with Gasteiger partial charge < -0.3 is 18.9 Å². The predicted molar refractivity (Wildman–Crippen MR) is 175 cm³/mol. The third kappa shape index (κ3) is 11.3. The Kier molecular flexibility index (Phi) is 13.6. The normalized spacial score (nSPS) is 13.5. The highest BCUT2D eigenvalue weighted by Crippen LogP contribution is 2.47. The molecule has 0 saturated heterocycles. The first-order valence-corrected chi connectivity index (χ1v) is 15.5. The highest BCUT2D eigenvalue weighted by molar-refractivity contribution is 5.90. The number of rotatable bonds is 16. The van der Waals surface area contributed by atoms with E-state index in [0.717, 1.165) is 61.8 Å². The van der Waals surface area contributed by atoms with Gasteiger partial charge in [0.1, 0.15) is 5.75 Å². The molecule has 0 radical (unpaired) electrons. The third-order valence-electron chi connectivity index (χ3n) is 8.03. The van der Waals surface area contributed by atoms with E-state index in [1.165, 1.54) is 0 Å². The van der Waals surface area contributed by atoms with E-state index in [2.05, 4.69) is 54.5 Å². The van der Waals surface area contributed by atoms with E-state index in [0.29, 0.717) is 30.3 Å². The van der Waals surface area contributed by atoms with E-state index >= 15 is 0 Å². The van der Waals surface area contributed by atoms with Crippen LogP contribution in [0.4, 0.5) is 0 Å². The van der Waals surface area contributed by atoms with Gasteiger partial charge in [-0.15, -0.1) is 0 Å². The molecule has 0 heterocycles. The molecule has 1 atom stereocenters. The van der Waals surface area contributed by atoms with E-state index < -0.39 is 5.41 Å². The van der Waals surface area contributed by atoms with Crippen LogP contribution in [-0.2, 0) is 9.53 Å². The van der Waals surface area contributed by atoms with Crippen LogP contribution in [0.3, 0.4) is 0 Å². The van der Waals surface area contributed by atoms with E-state index in [1.54, 1.807) is 14.2 Å². The molecule has 0 aliphatic rings. The second-order valence-electron chi connectivity index (χ2n) is 13.7. The summed E-state index contributed by atoms with van der Waals surface area (Å²) in [5.41, 5.74) is 1.63. The Labute approximate surface area is 260 Å². The van der Waals surface area contributed by atoms with Crippen molar-refractivity contribution < 1.29 is 23.7 Å². The molecular weight excluding hydrogens is 538 g/mol. The molecule has 2 aromatic rings. The molecule has 2 aromatic carbocycles. The summed E-state index contributed by atoms with van der Waals surface area (Å²) in [5, 5.41) is 9.72. The molecule has 1 unspecified atom stereocenters. The zero-order valence-electron chi connectivity index (χ0n) is 28.0. The minimum atomic E-state index is -0.508. The standard InChI is InChI=1S/C37H53NO5/c1-35(2,3)27-37(7,36(4,5)6)34(39)43-23-15-13-11-10-12-14-22-42-31-19-17-29(18-20-31)30(26-38)24-28-16-21-32(40-8)33(25-28)41-9/h16-21,24-25H,10-15,22-23,27H2,1-9H3. The van der Waals surface area contributed by atoms with Gasteiger partial charge in [0.15, 0.2) is 11.5 Å². The van der Waals surface area contributed by atoms with Gasteiger partial charge in [-0.2, -0.15) is 5.26 Å². The maximum absolute atomic E-state index is 13.0. The number of hydrogen-bond acceptors (Lipinski definition) is 6. The highest BCUT2D eigenvalue weighted by Gasteiger charge is 2.47. The van der Waals surface area contributed by atoms with Crippen LogP contribution < -0.4 is 14.2 Å². The first-order valence-electron chi connectivity index (χ1n) is 15.5. The van der Waals surface area contributed by atoms with Crippen LogP contribution in [0.5, 0.6) is 17.2 Å². The number of nitriles is 1. The van der Waals surface area contributed by atoms with Crippen molar-refractivity contribution in [3.8, 4) is 23.3 Å². The number of carbonyl (C=O) groups is 1. The molecular formula is C37H53NO5. The fraction of sp³-hybridized carbons (Fsp3) is 0.568. The second-order valence-corrected chi connectivity index (χ2v) is 13.7. The Morgan fingerprint density at radius 3 is 1.91 bits per heavy atom. The number of methoxy groups -OCH3 is 2. The fourth-order valence-corrected chi connectivity index (χ4v) is 5.15. The van der Waals surface area contributed by atoms with Crippen LogP contribution in [0.1, 0.15) is 105 Å². The number of unbranched alkanes of at least 4 members (excludes halogenated alkanes) is 5. The number of ether oxygens (including phenoxy) is 4. The predicted octanol–water partition coefficient (Wildman–Crippen LogP) is 9.52. The van der Waals surface area contributed by atoms with Gasteiger partial charge in [0.2, 0.25) is 0 Å². The van der Waals surface area contributed by atoms with E-state index in [-0.39, 0.29) is 16.8 Å². The lowest BCUT2D eigenvalue weighted by Crippen LogP contribution is -2.44. The Morgan fingerprint density at radius 2 is 1.37 bits per heavy atom. The molecule has 0 spiro atoms. The van der Waals surface area contributed by atoms with Gasteiger partial charge in [0.25, 0.3) is 0 Å². The SMILES string of the molecule is COc1ccc(C=C(C#N)c2ccc(OCCCCCCCCOC(=O)C(C)(CC(C)(C)C)C(C)(C)C)cc2)cc1OC. The van der Waals surface area contributed by atoms with E-state index in [1.807, 2.05) is 48.5 Å². The van der Waals surface area contributed by atoms with Crippen molar-refractivity contribution in [3.05, 3.63) is 53.6 Å². The van der Waals surface area contributed by atoms with E-state index in [9.17, 15) is 10.1 Å². The summed E-state index contributed by atoms with van der Waals surface area (Å²) in [7, 11) is 3.19. The highest BCUT2D eigenvalue weighted by atomic mass is 16.5. The molecule has 6 nitrogen and oxygen atoms in total. The summed E-state index contributed by atoms with van der Waals surface area (Å²) in [5.74, 6) is 1.99. The van der Waals surface area contributed by atoms with Gasteiger partial charge in [-0.1, -0.05) is 73.3 Å². The van der Waals surface area contributed by atoms with Crippen molar-refractivity contribution in [2.24, 2.45) is 16.2 Å². The van der Waals surface area contributed by atoms with Crippen LogP contribution in [0.15, 0.2) is 42.5 Å². The van der Waals surface area contributed by atoms with Crippen molar-refractivity contribution in [1.29, 1.82) is 5.26 Å². The van der Waals surface area contributed by atoms with Gasteiger partial charge in [0, 0.05) is 0 Å². The largest absolute Gasteiger partial charge is 0.494 e. The van der Waals surface area contributed by atoms with Gasteiger partial charge >= 0.3 is 5.97 Å². The lowest BCUT2D eigenvalue weighted by Gasteiger charge is -2.43. The third-order valence-corrected chi connectivity index (χ3v) is 8.03. The maximum Gasteiger partial charge on any atom is 0.312 e. The number of allylic oxidation sites excluding steroid dienone is 1. The number of esters is 1. The summed E-state index contributed by atoms with van der Waals surface area (Å²) in [4.78, 5) is 13.0. The first kappa shape index (κ1) is 35.7. The van der Waals surface area contributed by atoms with Gasteiger partial charge in [0.05, 0.1) is 44.5 Å². The zero-order valence-corrected chi connectivity index (χ0v) is 28.0. The average molecular weight is 592 g/mol. The van der Waals surface area contributed by atoms with Gasteiger partial charge in [-0.05, 0) is 90.6 Å². The average Bonchev–Trinajstić information content (AvgIpc) is 2.95. The number of carbonyl (C=O) groups excluding carboxylic acids is 1. The molecule has 0 aliphatic heterocycles. The Hall–Kier alpha value is -3.46. The molecule has 0 bridgehead atoms. The van der Waals surface area contributed by atoms with E-state index in [4.69, 9.17) is 18.9 Å². The smallest absolute Gasteiger partial charge is 0.312 e. The first-order chi connectivity index (χ1) is 20.2. The quantitative estimate of drug-likeness (QED) is 0.0837. The summed E-state index contributed by atoms with van der Waals surface area (Å²) in [6, 6.07) is 15.5. The van der Waals surface area contributed by atoms with Crippen molar-refractivity contribution in [3.63, 3.8) is 0 Å². The van der Waals surface area contributed by atoms with Crippen molar-refractivity contribution >= 4 is 17.6 Å². The molecule has 43 heavy (non-hydrogen) atoms. The van der Waals surface area contributed by atoms with Crippen LogP contribution >= 0.6 is 0 Å². The topological polar surface area (TPSA) is 77.8 Å². The van der Waals surface area contributed by atoms with Gasteiger partial charge in [-0.3, -0.25) is 4.79 Å². The molecule has 0 aliphatic carbocycles. The molecule has 0 amide bonds. The second kappa shape index (κ2) is 16.4. The molecule has 0 aromatic heterocycles. The van der Waals surface area contributed by atoms with Crippen LogP contribution in [0, 0.1) is 27.6 Å². The van der Waals surface area contributed by atoms with Gasteiger partial charge in [-0.25, -0.2) is 0 Å².